The van der Waals surface area contributed by atoms with Crippen molar-refractivity contribution >= 4 is 11.6 Å². The van der Waals surface area contributed by atoms with Gasteiger partial charge in [-0.25, -0.2) is 13.5 Å². The summed E-state index contributed by atoms with van der Waals surface area (Å²) in [4.78, 5) is 13.7. The molecule has 2 aromatic rings. The second kappa shape index (κ2) is 4.95. The number of nitrogens with zero attached hydrogens (tertiary/aromatic N) is 3. The van der Waals surface area contributed by atoms with Crippen molar-refractivity contribution in [1.29, 1.82) is 0 Å². The fourth-order valence-electron chi connectivity index (χ4n) is 2.76. The van der Waals surface area contributed by atoms with Crippen LogP contribution >= 0.6 is 0 Å². The molecular formula is C15H15F2N3O. The molecule has 0 atom stereocenters. The fraction of sp³-hybridized carbons (Fsp3) is 0.333. The van der Waals surface area contributed by atoms with Crippen LogP contribution in [0.3, 0.4) is 0 Å². The first kappa shape index (κ1) is 13.7. The van der Waals surface area contributed by atoms with Gasteiger partial charge in [-0.15, -0.1) is 0 Å². The van der Waals surface area contributed by atoms with Crippen molar-refractivity contribution in [2.24, 2.45) is 0 Å². The topological polar surface area (TPSA) is 38.1 Å². The molecule has 2 heterocycles. The Hall–Kier alpha value is -2.24. The highest BCUT2D eigenvalue weighted by molar-refractivity contribution is 5.84. The van der Waals surface area contributed by atoms with E-state index in [0.29, 0.717) is 11.3 Å². The molecule has 1 aromatic heterocycles. The first-order valence-corrected chi connectivity index (χ1v) is 6.78. The molecule has 0 unspecified atom stereocenters. The van der Waals surface area contributed by atoms with Gasteiger partial charge >= 0.3 is 0 Å². The molecule has 1 aliphatic heterocycles. The largest absolute Gasteiger partial charge is 0.371 e. The molecule has 3 rings (SSSR count). The number of anilines is 1. The van der Waals surface area contributed by atoms with Crippen LogP contribution in [-0.4, -0.2) is 29.3 Å². The van der Waals surface area contributed by atoms with Crippen LogP contribution in [0.5, 0.6) is 0 Å². The van der Waals surface area contributed by atoms with Gasteiger partial charge in [0.2, 0.25) is 5.91 Å². The van der Waals surface area contributed by atoms with Crippen LogP contribution in [0, 0.1) is 11.6 Å². The van der Waals surface area contributed by atoms with Gasteiger partial charge in [0.05, 0.1) is 11.4 Å². The molecule has 0 spiro atoms. The number of rotatable bonds is 1. The molecule has 0 aliphatic carbocycles. The van der Waals surface area contributed by atoms with Gasteiger partial charge in [0, 0.05) is 26.1 Å². The van der Waals surface area contributed by atoms with E-state index in [-0.39, 0.29) is 5.91 Å². The lowest BCUT2D eigenvalue weighted by molar-refractivity contribution is 0.0917. The molecule has 0 bridgehead atoms. The SMILES string of the molecule is CC(=O)n1nc(-c2ccc(F)c(F)c2)c2c1CCCN2C. The van der Waals surface area contributed by atoms with E-state index in [9.17, 15) is 13.6 Å². The molecule has 0 saturated heterocycles. The third-order valence-corrected chi connectivity index (χ3v) is 3.73. The van der Waals surface area contributed by atoms with Crippen LogP contribution < -0.4 is 4.90 Å². The molecule has 1 aliphatic rings. The Labute approximate surface area is 121 Å². The van der Waals surface area contributed by atoms with E-state index in [1.807, 2.05) is 11.9 Å². The van der Waals surface area contributed by atoms with E-state index < -0.39 is 11.6 Å². The summed E-state index contributed by atoms with van der Waals surface area (Å²) in [5, 5.41) is 4.32. The zero-order chi connectivity index (χ0) is 15.1. The molecule has 1 aromatic carbocycles. The molecule has 0 fully saturated rings. The van der Waals surface area contributed by atoms with Gasteiger partial charge in [0.1, 0.15) is 5.69 Å². The highest BCUT2D eigenvalue weighted by Crippen LogP contribution is 2.36. The molecule has 4 nitrogen and oxygen atoms in total. The Morgan fingerprint density at radius 1 is 1.29 bits per heavy atom. The van der Waals surface area contributed by atoms with E-state index in [2.05, 4.69) is 5.10 Å². The number of fused-ring (bicyclic) bond motifs is 1. The smallest absolute Gasteiger partial charge is 0.244 e. The van der Waals surface area contributed by atoms with Crippen LogP contribution in [0.2, 0.25) is 0 Å². The first-order valence-electron chi connectivity index (χ1n) is 6.78. The summed E-state index contributed by atoms with van der Waals surface area (Å²) < 4.78 is 27.9. The summed E-state index contributed by atoms with van der Waals surface area (Å²) in [6.07, 6.45) is 1.68. The van der Waals surface area contributed by atoms with Gasteiger partial charge in [-0.2, -0.15) is 5.10 Å². The molecule has 21 heavy (non-hydrogen) atoms. The lowest BCUT2D eigenvalue weighted by Crippen LogP contribution is -2.26. The minimum atomic E-state index is -0.919. The summed E-state index contributed by atoms with van der Waals surface area (Å²) in [7, 11) is 1.91. The fourth-order valence-corrected chi connectivity index (χ4v) is 2.76. The molecule has 0 saturated carbocycles. The maximum atomic E-state index is 13.5. The van der Waals surface area contributed by atoms with Crippen LogP contribution in [0.15, 0.2) is 18.2 Å². The maximum absolute atomic E-state index is 13.5. The monoisotopic (exact) mass is 291 g/mol. The zero-order valence-corrected chi connectivity index (χ0v) is 11.9. The summed E-state index contributed by atoms with van der Waals surface area (Å²) in [6.45, 7) is 2.28. The van der Waals surface area contributed by atoms with Gasteiger partial charge in [0.25, 0.3) is 0 Å². The molecular weight excluding hydrogens is 276 g/mol. The van der Waals surface area contributed by atoms with Crippen LogP contribution in [0.4, 0.5) is 14.5 Å². The third kappa shape index (κ3) is 2.20. The molecule has 0 amide bonds. The van der Waals surface area contributed by atoms with Crippen molar-refractivity contribution in [3.63, 3.8) is 0 Å². The summed E-state index contributed by atoms with van der Waals surface area (Å²) in [6, 6.07) is 3.67. The van der Waals surface area contributed by atoms with Gasteiger partial charge in [0.15, 0.2) is 11.6 Å². The average molecular weight is 291 g/mol. The normalized spacial score (nSPS) is 14.2. The number of benzene rings is 1. The number of hydrogen-bond acceptors (Lipinski definition) is 3. The zero-order valence-electron chi connectivity index (χ0n) is 11.9. The summed E-state index contributed by atoms with van der Waals surface area (Å²) in [5.74, 6) is -2.00. The quantitative estimate of drug-likeness (QED) is 0.811. The van der Waals surface area contributed by atoms with E-state index in [1.54, 1.807) is 0 Å². The predicted molar refractivity (Wildman–Crippen MR) is 75.5 cm³/mol. The van der Waals surface area contributed by atoms with Crippen molar-refractivity contribution in [2.75, 3.05) is 18.5 Å². The minimum absolute atomic E-state index is 0.185. The Balaban J connectivity index is 2.22. The van der Waals surface area contributed by atoms with Crippen molar-refractivity contribution in [3.05, 3.63) is 35.5 Å². The lowest BCUT2D eigenvalue weighted by atomic mass is 10.0. The average Bonchev–Trinajstić information content (AvgIpc) is 2.83. The second-order valence-corrected chi connectivity index (χ2v) is 5.23. The van der Waals surface area contributed by atoms with Crippen molar-refractivity contribution < 1.29 is 13.6 Å². The van der Waals surface area contributed by atoms with Crippen molar-refractivity contribution in [2.45, 2.75) is 19.8 Å². The number of carbonyl (C=O) groups excluding carboxylic acids is 1. The van der Waals surface area contributed by atoms with Crippen molar-refractivity contribution in [1.82, 2.24) is 9.78 Å². The van der Waals surface area contributed by atoms with Crippen LogP contribution in [-0.2, 0) is 6.42 Å². The van der Waals surface area contributed by atoms with Gasteiger partial charge in [-0.3, -0.25) is 4.79 Å². The van der Waals surface area contributed by atoms with E-state index in [4.69, 9.17) is 0 Å². The maximum Gasteiger partial charge on any atom is 0.244 e. The third-order valence-electron chi connectivity index (χ3n) is 3.73. The van der Waals surface area contributed by atoms with Crippen molar-refractivity contribution in [3.8, 4) is 11.3 Å². The molecule has 0 radical (unpaired) electrons. The van der Waals surface area contributed by atoms with E-state index in [1.165, 1.54) is 17.7 Å². The van der Waals surface area contributed by atoms with E-state index in [0.717, 1.165) is 42.9 Å². The Morgan fingerprint density at radius 3 is 2.71 bits per heavy atom. The van der Waals surface area contributed by atoms with Gasteiger partial charge < -0.3 is 4.90 Å². The summed E-state index contributed by atoms with van der Waals surface area (Å²) >= 11 is 0. The number of aromatic nitrogens is 2. The molecule has 6 heteroatoms. The summed E-state index contributed by atoms with van der Waals surface area (Å²) in [5.41, 5.74) is 2.64. The molecule has 0 N–H and O–H groups in total. The highest BCUT2D eigenvalue weighted by atomic mass is 19.2. The Kier molecular flexibility index (Phi) is 3.23. The lowest BCUT2D eigenvalue weighted by Gasteiger charge is -2.25. The molecule has 110 valence electrons. The van der Waals surface area contributed by atoms with E-state index >= 15 is 0 Å². The number of halogens is 2. The van der Waals surface area contributed by atoms with Crippen LogP contribution in [0.25, 0.3) is 11.3 Å². The highest BCUT2D eigenvalue weighted by Gasteiger charge is 2.26. The van der Waals surface area contributed by atoms with Gasteiger partial charge in [-0.1, -0.05) is 0 Å². The predicted octanol–water partition coefficient (Wildman–Crippen LogP) is 2.87. The number of hydrogen-bond donors (Lipinski definition) is 0. The Morgan fingerprint density at radius 2 is 2.05 bits per heavy atom. The minimum Gasteiger partial charge on any atom is -0.371 e. The van der Waals surface area contributed by atoms with Crippen LogP contribution in [0.1, 0.15) is 23.8 Å². The standard InChI is InChI=1S/C15H15F2N3O/c1-9(21)20-13-4-3-7-19(2)15(13)14(18-20)10-5-6-11(16)12(17)8-10/h5-6,8H,3-4,7H2,1-2H3. The first-order chi connectivity index (χ1) is 9.99. The van der Waals surface area contributed by atoms with Gasteiger partial charge in [-0.05, 0) is 31.0 Å². The number of carbonyl (C=O) groups is 1. The Bertz CT molecular complexity index is 724. The second-order valence-electron chi connectivity index (χ2n) is 5.23.